The third kappa shape index (κ3) is 3.34. The highest BCUT2D eigenvalue weighted by molar-refractivity contribution is 5.97. The molecular formula is C18H18N2O2. The number of anilines is 1. The molecule has 0 saturated carbocycles. The molecule has 112 valence electrons. The SMILES string of the molecule is O=C1CCCc2cc(C(=O)NCc3ccccc3)ccc2N1. The van der Waals surface area contributed by atoms with E-state index in [1.807, 2.05) is 42.5 Å². The van der Waals surface area contributed by atoms with Gasteiger partial charge in [0.15, 0.2) is 0 Å². The number of carbonyl (C=O) groups is 2. The molecular weight excluding hydrogens is 276 g/mol. The van der Waals surface area contributed by atoms with Gasteiger partial charge in [0.05, 0.1) is 0 Å². The lowest BCUT2D eigenvalue weighted by molar-refractivity contribution is -0.116. The van der Waals surface area contributed by atoms with Gasteiger partial charge in [-0.15, -0.1) is 0 Å². The van der Waals surface area contributed by atoms with E-state index in [0.29, 0.717) is 18.5 Å². The zero-order chi connectivity index (χ0) is 15.4. The molecule has 0 atom stereocenters. The highest BCUT2D eigenvalue weighted by atomic mass is 16.2. The first-order chi connectivity index (χ1) is 10.7. The van der Waals surface area contributed by atoms with Gasteiger partial charge in [0.2, 0.25) is 5.91 Å². The van der Waals surface area contributed by atoms with E-state index in [1.165, 1.54) is 0 Å². The van der Waals surface area contributed by atoms with Crippen molar-refractivity contribution in [2.24, 2.45) is 0 Å². The van der Waals surface area contributed by atoms with Crippen LogP contribution < -0.4 is 10.6 Å². The molecule has 0 spiro atoms. The molecule has 2 aromatic rings. The van der Waals surface area contributed by atoms with Crippen LogP contribution in [-0.4, -0.2) is 11.8 Å². The Balaban J connectivity index is 1.71. The summed E-state index contributed by atoms with van der Waals surface area (Å²) in [7, 11) is 0. The maximum Gasteiger partial charge on any atom is 0.251 e. The molecule has 0 bridgehead atoms. The van der Waals surface area contributed by atoms with E-state index >= 15 is 0 Å². The van der Waals surface area contributed by atoms with E-state index in [2.05, 4.69) is 10.6 Å². The van der Waals surface area contributed by atoms with Crippen molar-refractivity contribution in [1.29, 1.82) is 0 Å². The molecule has 2 amide bonds. The Morgan fingerprint density at radius 2 is 1.91 bits per heavy atom. The predicted molar refractivity (Wildman–Crippen MR) is 85.6 cm³/mol. The zero-order valence-corrected chi connectivity index (χ0v) is 12.3. The summed E-state index contributed by atoms with van der Waals surface area (Å²) in [6, 6.07) is 15.3. The summed E-state index contributed by atoms with van der Waals surface area (Å²) in [4.78, 5) is 23.8. The van der Waals surface area contributed by atoms with Gasteiger partial charge in [-0.1, -0.05) is 30.3 Å². The average molecular weight is 294 g/mol. The van der Waals surface area contributed by atoms with Crippen LogP contribution in [0.4, 0.5) is 5.69 Å². The lowest BCUT2D eigenvalue weighted by Crippen LogP contribution is -2.23. The number of rotatable bonds is 3. The number of nitrogens with one attached hydrogen (secondary N) is 2. The van der Waals surface area contributed by atoms with Crippen LogP contribution in [0.1, 0.15) is 34.3 Å². The smallest absolute Gasteiger partial charge is 0.251 e. The van der Waals surface area contributed by atoms with Gasteiger partial charge in [-0.3, -0.25) is 9.59 Å². The number of aryl methyl sites for hydroxylation is 1. The Labute approximate surface area is 129 Å². The summed E-state index contributed by atoms with van der Waals surface area (Å²) in [5, 5.41) is 5.80. The Morgan fingerprint density at radius 3 is 2.73 bits per heavy atom. The molecule has 0 fully saturated rings. The molecule has 3 rings (SSSR count). The maximum absolute atomic E-state index is 12.3. The number of carbonyl (C=O) groups excluding carboxylic acids is 2. The van der Waals surface area contributed by atoms with E-state index in [-0.39, 0.29) is 11.8 Å². The van der Waals surface area contributed by atoms with Crippen molar-refractivity contribution >= 4 is 17.5 Å². The van der Waals surface area contributed by atoms with Crippen LogP contribution >= 0.6 is 0 Å². The van der Waals surface area contributed by atoms with Crippen LogP contribution in [0.5, 0.6) is 0 Å². The number of fused-ring (bicyclic) bond motifs is 1. The van der Waals surface area contributed by atoms with Gasteiger partial charge < -0.3 is 10.6 Å². The van der Waals surface area contributed by atoms with Crippen molar-refractivity contribution in [3.63, 3.8) is 0 Å². The van der Waals surface area contributed by atoms with Crippen molar-refractivity contribution in [2.45, 2.75) is 25.8 Å². The summed E-state index contributed by atoms with van der Waals surface area (Å²) in [5.41, 5.74) is 3.55. The Kier molecular flexibility index (Phi) is 4.19. The summed E-state index contributed by atoms with van der Waals surface area (Å²) in [5.74, 6) is -0.0535. The number of hydrogen-bond donors (Lipinski definition) is 2. The molecule has 0 radical (unpaired) electrons. The molecule has 1 aliphatic heterocycles. The lowest BCUT2D eigenvalue weighted by atomic mass is 10.0. The normalized spacial score (nSPS) is 13.7. The van der Waals surface area contributed by atoms with Gasteiger partial charge >= 0.3 is 0 Å². The van der Waals surface area contributed by atoms with Crippen molar-refractivity contribution in [1.82, 2.24) is 5.32 Å². The topological polar surface area (TPSA) is 58.2 Å². The minimum Gasteiger partial charge on any atom is -0.348 e. The van der Waals surface area contributed by atoms with Gasteiger partial charge in [0, 0.05) is 24.2 Å². The van der Waals surface area contributed by atoms with Gasteiger partial charge in [0.1, 0.15) is 0 Å². The fourth-order valence-electron chi connectivity index (χ4n) is 2.60. The summed E-state index contributed by atoms with van der Waals surface area (Å²) >= 11 is 0. The predicted octanol–water partition coefficient (Wildman–Crippen LogP) is 2.89. The van der Waals surface area contributed by atoms with E-state index in [4.69, 9.17) is 0 Å². The highest BCUT2D eigenvalue weighted by Gasteiger charge is 2.15. The fraction of sp³-hybridized carbons (Fsp3) is 0.222. The fourth-order valence-corrected chi connectivity index (χ4v) is 2.60. The molecule has 0 saturated heterocycles. The molecule has 0 aliphatic carbocycles. The van der Waals surface area contributed by atoms with Crippen LogP contribution in [0, 0.1) is 0 Å². The lowest BCUT2D eigenvalue weighted by Gasteiger charge is -2.10. The van der Waals surface area contributed by atoms with Crippen LogP contribution in [0.2, 0.25) is 0 Å². The number of hydrogen-bond acceptors (Lipinski definition) is 2. The van der Waals surface area contributed by atoms with Crippen LogP contribution in [0.25, 0.3) is 0 Å². The second kappa shape index (κ2) is 6.43. The van der Waals surface area contributed by atoms with Crippen LogP contribution in [0.15, 0.2) is 48.5 Å². The number of amides is 2. The summed E-state index contributed by atoms with van der Waals surface area (Å²) < 4.78 is 0. The Morgan fingerprint density at radius 1 is 1.09 bits per heavy atom. The van der Waals surface area contributed by atoms with Crippen LogP contribution in [-0.2, 0) is 17.8 Å². The largest absolute Gasteiger partial charge is 0.348 e. The Bertz CT molecular complexity index is 695. The van der Waals surface area contributed by atoms with Gasteiger partial charge in [-0.05, 0) is 42.2 Å². The zero-order valence-electron chi connectivity index (χ0n) is 12.3. The Hall–Kier alpha value is -2.62. The minimum absolute atomic E-state index is 0.0417. The monoisotopic (exact) mass is 294 g/mol. The van der Waals surface area contributed by atoms with Crippen molar-refractivity contribution in [3.05, 3.63) is 65.2 Å². The van der Waals surface area contributed by atoms with E-state index in [0.717, 1.165) is 29.7 Å². The first-order valence-electron chi connectivity index (χ1n) is 7.47. The molecule has 1 heterocycles. The molecule has 0 aromatic heterocycles. The second-order valence-electron chi connectivity index (χ2n) is 5.44. The minimum atomic E-state index is -0.0952. The standard InChI is InChI=1S/C18H18N2O2/c21-17-8-4-7-14-11-15(9-10-16(14)20-17)18(22)19-12-13-5-2-1-3-6-13/h1-3,5-6,9-11H,4,7-8,12H2,(H,19,22)(H,20,21). The first kappa shape index (κ1) is 14.3. The summed E-state index contributed by atoms with van der Waals surface area (Å²) in [6.07, 6.45) is 2.16. The maximum atomic E-state index is 12.3. The van der Waals surface area contributed by atoms with Gasteiger partial charge in [0.25, 0.3) is 5.91 Å². The third-order valence-electron chi connectivity index (χ3n) is 3.79. The second-order valence-corrected chi connectivity index (χ2v) is 5.44. The molecule has 4 heteroatoms. The van der Waals surface area contributed by atoms with E-state index < -0.39 is 0 Å². The summed E-state index contributed by atoms with van der Waals surface area (Å²) in [6.45, 7) is 0.507. The average Bonchev–Trinajstić information content (AvgIpc) is 2.73. The third-order valence-corrected chi connectivity index (χ3v) is 3.79. The molecule has 4 nitrogen and oxygen atoms in total. The van der Waals surface area contributed by atoms with Crippen molar-refractivity contribution in [2.75, 3.05) is 5.32 Å². The van der Waals surface area contributed by atoms with Crippen molar-refractivity contribution < 1.29 is 9.59 Å². The molecule has 22 heavy (non-hydrogen) atoms. The molecule has 0 unspecified atom stereocenters. The van der Waals surface area contributed by atoms with Crippen molar-refractivity contribution in [3.8, 4) is 0 Å². The van der Waals surface area contributed by atoms with Crippen LogP contribution in [0.3, 0.4) is 0 Å². The van der Waals surface area contributed by atoms with Gasteiger partial charge in [-0.25, -0.2) is 0 Å². The van der Waals surface area contributed by atoms with Gasteiger partial charge in [-0.2, -0.15) is 0 Å². The quantitative estimate of drug-likeness (QED) is 0.914. The first-order valence-corrected chi connectivity index (χ1v) is 7.47. The highest BCUT2D eigenvalue weighted by Crippen LogP contribution is 2.23. The van der Waals surface area contributed by atoms with E-state index in [9.17, 15) is 9.59 Å². The molecule has 1 aliphatic rings. The number of benzene rings is 2. The molecule has 2 aromatic carbocycles. The molecule has 2 N–H and O–H groups in total. The van der Waals surface area contributed by atoms with E-state index in [1.54, 1.807) is 6.07 Å².